The van der Waals surface area contributed by atoms with Crippen molar-refractivity contribution < 1.29 is 9.53 Å². The standard InChI is InChI=1S/C19H19N3O2/c20-12-14-6-8-16(9-7-14)21-13-15-3-1-4-17(11-15)22-19(23)18-5-2-10-24-18/h1,3-4,6-9,11,18,21H,2,5,10,13H2,(H,22,23). The van der Waals surface area contributed by atoms with Crippen LogP contribution in [-0.2, 0) is 16.1 Å². The van der Waals surface area contributed by atoms with Gasteiger partial charge in [0.2, 0.25) is 0 Å². The van der Waals surface area contributed by atoms with Crippen LogP contribution in [0.2, 0.25) is 0 Å². The zero-order valence-electron chi connectivity index (χ0n) is 13.3. The monoisotopic (exact) mass is 321 g/mol. The summed E-state index contributed by atoms with van der Waals surface area (Å²) in [4.78, 5) is 12.1. The lowest BCUT2D eigenvalue weighted by Crippen LogP contribution is -2.26. The largest absolute Gasteiger partial charge is 0.381 e. The minimum absolute atomic E-state index is 0.0790. The average Bonchev–Trinajstić information content (AvgIpc) is 3.15. The molecule has 5 nitrogen and oxygen atoms in total. The van der Waals surface area contributed by atoms with Gasteiger partial charge in [0.05, 0.1) is 11.6 Å². The lowest BCUT2D eigenvalue weighted by molar-refractivity contribution is -0.124. The van der Waals surface area contributed by atoms with E-state index in [0.717, 1.165) is 29.8 Å². The number of hydrogen-bond acceptors (Lipinski definition) is 4. The summed E-state index contributed by atoms with van der Waals surface area (Å²) >= 11 is 0. The van der Waals surface area contributed by atoms with Crippen molar-refractivity contribution in [2.75, 3.05) is 17.2 Å². The third-order valence-electron chi connectivity index (χ3n) is 3.93. The van der Waals surface area contributed by atoms with Crippen LogP contribution in [0.15, 0.2) is 48.5 Å². The molecular formula is C19H19N3O2. The molecule has 5 heteroatoms. The molecule has 24 heavy (non-hydrogen) atoms. The van der Waals surface area contributed by atoms with Crippen LogP contribution in [0.25, 0.3) is 0 Å². The lowest BCUT2D eigenvalue weighted by atomic mass is 10.1. The molecule has 0 radical (unpaired) electrons. The Kier molecular flexibility index (Phi) is 5.09. The minimum Gasteiger partial charge on any atom is -0.381 e. The molecule has 1 aliphatic rings. The summed E-state index contributed by atoms with van der Waals surface area (Å²) in [6.45, 7) is 1.29. The number of nitrogens with one attached hydrogen (secondary N) is 2. The second-order valence-corrected chi connectivity index (χ2v) is 5.73. The zero-order valence-corrected chi connectivity index (χ0v) is 13.3. The van der Waals surface area contributed by atoms with Gasteiger partial charge in [0.25, 0.3) is 5.91 Å². The van der Waals surface area contributed by atoms with Crippen molar-refractivity contribution in [3.8, 4) is 6.07 Å². The van der Waals surface area contributed by atoms with Crippen molar-refractivity contribution in [2.45, 2.75) is 25.5 Å². The van der Waals surface area contributed by atoms with Gasteiger partial charge in [-0.15, -0.1) is 0 Å². The molecule has 2 aromatic rings. The normalized spacial score (nSPS) is 16.4. The Balaban J connectivity index is 1.58. The van der Waals surface area contributed by atoms with Crippen LogP contribution in [0.1, 0.15) is 24.0 Å². The first-order chi connectivity index (χ1) is 11.7. The van der Waals surface area contributed by atoms with E-state index in [1.807, 2.05) is 36.4 Å². The topological polar surface area (TPSA) is 74.2 Å². The zero-order chi connectivity index (χ0) is 16.8. The van der Waals surface area contributed by atoms with Crippen LogP contribution in [0.5, 0.6) is 0 Å². The molecule has 0 saturated carbocycles. The van der Waals surface area contributed by atoms with Crippen molar-refractivity contribution in [1.29, 1.82) is 5.26 Å². The predicted octanol–water partition coefficient (Wildman–Crippen LogP) is 3.29. The van der Waals surface area contributed by atoms with Gasteiger partial charge in [-0.3, -0.25) is 4.79 Å². The van der Waals surface area contributed by atoms with Gasteiger partial charge in [-0.05, 0) is 54.8 Å². The van der Waals surface area contributed by atoms with E-state index in [1.165, 1.54) is 0 Å². The van der Waals surface area contributed by atoms with Crippen molar-refractivity contribution >= 4 is 17.3 Å². The van der Waals surface area contributed by atoms with E-state index in [0.29, 0.717) is 18.7 Å². The highest BCUT2D eigenvalue weighted by molar-refractivity contribution is 5.94. The first-order valence-electron chi connectivity index (χ1n) is 8.00. The van der Waals surface area contributed by atoms with E-state index in [-0.39, 0.29) is 12.0 Å². The van der Waals surface area contributed by atoms with Gasteiger partial charge in [-0.1, -0.05) is 12.1 Å². The molecular weight excluding hydrogens is 302 g/mol. The van der Waals surface area contributed by atoms with Crippen molar-refractivity contribution in [3.05, 3.63) is 59.7 Å². The van der Waals surface area contributed by atoms with Gasteiger partial charge in [0, 0.05) is 24.5 Å². The Labute approximate surface area is 141 Å². The van der Waals surface area contributed by atoms with Crippen LogP contribution >= 0.6 is 0 Å². The molecule has 0 bridgehead atoms. The molecule has 1 aliphatic heterocycles. The van der Waals surface area contributed by atoms with E-state index >= 15 is 0 Å². The smallest absolute Gasteiger partial charge is 0.253 e. The second-order valence-electron chi connectivity index (χ2n) is 5.73. The third-order valence-corrected chi connectivity index (χ3v) is 3.93. The number of carbonyl (C=O) groups is 1. The molecule has 0 aliphatic carbocycles. The number of benzene rings is 2. The summed E-state index contributed by atoms with van der Waals surface area (Å²) < 4.78 is 5.39. The number of nitriles is 1. The van der Waals surface area contributed by atoms with Gasteiger partial charge in [-0.25, -0.2) is 0 Å². The summed E-state index contributed by atoms with van der Waals surface area (Å²) in [5.74, 6) is -0.0790. The lowest BCUT2D eigenvalue weighted by Gasteiger charge is -2.12. The quantitative estimate of drug-likeness (QED) is 0.886. The summed E-state index contributed by atoms with van der Waals surface area (Å²) in [5.41, 5.74) is 3.42. The number of hydrogen-bond donors (Lipinski definition) is 2. The number of amides is 1. The fourth-order valence-corrected chi connectivity index (χ4v) is 2.63. The molecule has 0 spiro atoms. The van der Waals surface area contributed by atoms with Gasteiger partial charge < -0.3 is 15.4 Å². The molecule has 122 valence electrons. The van der Waals surface area contributed by atoms with Crippen LogP contribution in [0.3, 0.4) is 0 Å². The van der Waals surface area contributed by atoms with E-state index in [9.17, 15) is 4.79 Å². The molecule has 3 rings (SSSR count). The predicted molar refractivity (Wildman–Crippen MR) is 92.5 cm³/mol. The van der Waals surface area contributed by atoms with Crippen LogP contribution < -0.4 is 10.6 Å². The molecule has 1 unspecified atom stereocenters. The Bertz CT molecular complexity index is 744. The van der Waals surface area contributed by atoms with Crippen LogP contribution in [-0.4, -0.2) is 18.6 Å². The van der Waals surface area contributed by atoms with Gasteiger partial charge in [0.1, 0.15) is 6.10 Å². The summed E-state index contributed by atoms with van der Waals surface area (Å²) in [6.07, 6.45) is 1.39. The highest BCUT2D eigenvalue weighted by atomic mass is 16.5. The Hall–Kier alpha value is -2.84. The molecule has 1 atom stereocenters. The molecule has 1 saturated heterocycles. The van der Waals surface area contributed by atoms with E-state index in [4.69, 9.17) is 10.00 Å². The molecule has 2 aromatic carbocycles. The first-order valence-corrected chi connectivity index (χ1v) is 8.00. The molecule has 1 amide bonds. The first kappa shape index (κ1) is 16.0. The second kappa shape index (κ2) is 7.62. The number of rotatable bonds is 5. The van der Waals surface area contributed by atoms with Crippen molar-refractivity contribution in [1.82, 2.24) is 0 Å². The van der Waals surface area contributed by atoms with E-state index in [2.05, 4.69) is 16.7 Å². The molecule has 2 N–H and O–H groups in total. The van der Waals surface area contributed by atoms with Crippen LogP contribution in [0.4, 0.5) is 11.4 Å². The maximum absolute atomic E-state index is 12.1. The number of nitrogens with zero attached hydrogens (tertiary/aromatic N) is 1. The van der Waals surface area contributed by atoms with Crippen molar-refractivity contribution in [3.63, 3.8) is 0 Å². The van der Waals surface area contributed by atoms with Gasteiger partial charge >= 0.3 is 0 Å². The Morgan fingerprint density at radius 3 is 2.75 bits per heavy atom. The van der Waals surface area contributed by atoms with Gasteiger partial charge in [0.15, 0.2) is 0 Å². The average molecular weight is 321 g/mol. The number of ether oxygens (including phenoxy) is 1. The number of anilines is 2. The maximum Gasteiger partial charge on any atom is 0.253 e. The minimum atomic E-state index is -0.328. The SMILES string of the molecule is N#Cc1ccc(NCc2cccc(NC(=O)C3CCCO3)c2)cc1. The Morgan fingerprint density at radius 2 is 2.04 bits per heavy atom. The van der Waals surface area contributed by atoms with E-state index in [1.54, 1.807) is 12.1 Å². The highest BCUT2D eigenvalue weighted by Gasteiger charge is 2.23. The number of carbonyl (C=O) groups excluding carboxylic acids is 1. The van der Waals surface area contributed by atoms with Gasteiger partial charge in [-0.2, -0.15) is 5.26 Å². The summed E-state index contributed by atoms with van der Waals surface area (Å²) in [7, 11) is 0. The maximum atomic E-state index is 12.1. The fraction of sp³-hybridized carbons (Fsp3) is 0.263. The molecule has 1 fully saturated rings. The Morgan fingerprint density at radius 1 is 1.21 bits per heavy atom. The van der Waals surface area contributed by atoms with Crippen LogP contribution in [0, 0.1) is 11.3 Å². The summed E-state index contributed by atoms with van der Waals surface area (Å²) in [6, 6.07) is 17.1. The molecule has 1 heterocycles. The molecule has 0 aromatic heterocycles. The van der Waals surface area contributed by atoms with E-state index < -0.39 is 0 Å². The van der Waals surface area contributed by atoms with Crippen molar-refractivity contribution in [2.24, 2.45) is 0 Å². The fourth-order valence-electron chi connectivity index (χ4n) is 2.63. The highest BCUT2D eigenvalue weighted by Crippen LogP contribution is 2.17. The summed E-state index contributed by atoms with van der Waals surface area (Å²) in [5, 5.41) is 15.0. The third kappa shape index (κ3) is 4.12.